The average molecular weight is 466 g/mol. The Morgan fingerprint density at radius 3 is 2.22 bits per heavy atom. The number of anilines is 1. The van der Waals surface area contributed by atoms with Gasteiger partial charge in [0, 0.05) is 21.2 Å². The van der Waals surface area contributed by atoms with Gasteiger partial charge in [-0.1, -0.05) is 24.6 Å². The van der Waals surface area contributed by atoms with E-state index in [4.69, 9.17) is 19.0 Å². The minimum Gasteiger partial charge on any atom is -0.465 e. The molecule has 0 aliphatic heterocycles. The van der Waals surface area contributed by atoms with Gasteiger partial charge in [-0.05, 0) is 79.6 Å². The quantitative estimate of drug-likeness (QED) is 0.188. The first-order valence-electron chi connectivity index (χ1n) is 10.8. The monoisotopic (exact) mass is 465 g/mol. The van der Waals surface area contributed by atoms with E-state index >= 15 is 0 Å². The molecule has 0 fully saturated rings. The Bertz CT molecular complexity index is 919. The van der Waals surface area contributed by atoms with Crippen molar-refractivity contribution in [3.8, 4) is 11.5 Å². The second-order valence-electron chi connectivity index (χ2n) is 8.15. The van der Waals surface area contributed by atoms with Crippen LogP contribution in [0.25, 0.3) is 0 Å². The minimum absolute atomic E-state index is 0.194. The van der Waals surface area contributed by atoms with Crippen LogP contribution in [0.4, 0.5) is 5.69 Å². The summed E-state index contributed by atoms with van der Waals surface area (Å²) in [6, 6.07) is 9.77. The zero-order valence-corrected chi connectivity index (χ0v) is 21.1. The van der Waals surface area contributed by atoms with Gasteiger partial charge in [0.25, 0.3) is 0 Å². The number of methoxy groups -OCH3 is 1. The molecule has 2 rings (SSSR count). The third kappa shape index (κ3) is 6.72. The number of hydrogen-bond donors (Lipinski definition) is 1. The van der Waals surface area contributed by atoms with Crippen LogP contribution in [-0.2, 0) is 20.4 Å². The molecule has 1 atom stereocenters. The summed E-state index contributed by atoms with van der Waals surface area (Å²) < 4.78 is 28.1. The van der Waals surface area contributed by atoms with Crippen LogP contribution in [0.3, 0.4) is 0 Å². The van der Waals surface area contributed by atoms with E-state index in [1.54, 1.807) is 7.11 Å². The van der Waals surface area contributed by atoms with Gasteiger partial charge in [-0.3, -0.25) is 4.57 Å². The molecule has 0 amide bonds. The summed E-state index contributed by atoms with van der Waals surface area (Å²) in [6.45, 7) is 7.91. The van der Waals surface area contributed by atoms with Gasteiger partial charge in [-0.25, -0.2) is 0 Å². The summed E-state index contributed by atoms with van der Waals surface area (Å²) in [6.07, 6.45) is 1.83. The van der Waals surface area contributed by atoms with Crippen molar-refractivity contribution in [2.45, 2.75) is 52.6 Å². The van der Waals surface area contributed by atoms with Crippen LogP contribution < -0.4 is 14.5 Å². The third-order valence-electron chi connectivity index (χ3n) is 5.53. The average Bonchev–Trinajstić information content (AvgIpc) is 2.74. The van der Waals surface area contributed by atoms with E-state index in [9.17, 15) is 9.46 Å². The number of ether oxygens (including phenoxy) is 2. The van der Waals surface area contributed by atoms with Crippen molar-refractivity contribution in [3.63, 3.8) is 0 Å². The molecule has 32 heavy (non-hydrogen) atoms. The van der Waals surface area contributed by atoms with Crippen LogP contribution in [-0.4, -0.2) is 38.6 Å². The lowest BCUT2D eigenvalue weighted by molar-refractivity contribution is -0.111. The van der Waals surface area contributed by atoms with E-state index < -0.39 is 13.3 Å². The molecule has 7 nitrogen and oxygen atoms in total. The fraction of sp³-hybridized carbons (Fsp3) is 0.500. The lowest BCUT2D eigenvalue weighted by atomic mass is 9.95. The molecular weight excluding hydrogens is 429 g/mol. The summed E-state index contributed by atoms with van der Waals surface area (Å²) in [5.74, 6) is 1.18. The molecule has 0 heterocycles. The zero-order valence-electron chi connectivity index (χ0n) is 20.2. The molecule has 0 radical (unpaired) electrons. The van der Waals surface area contributed by atoms with Crippen molar-refractivity contribution in [2.24, 2.45) is 0 Å². The smallest absolute Gasteiger partial charge is 0.369 e. The molecule has 1 N–H and O–H groups in total. The highest BCUT2D eigenvalue weighted by molar-refractivity contribution is 7.53. The van der Waals surface area contributed by atoms with Gasteiger partial charge in [0.15, 0.2) is 12.5 Å². The van der Waals surface area contributed by atoms with E-state index in [0.29, 0.717) is 18.6 Å². The standard InChI is InChI=1S/C24H36NO6P/c1-8-21(9-2)32(26,27)31-30-20-12-17(3)22(18(4)13-20)14-19-10-11-24(29-16-28-7)23(15-19)25(5)6/h10-13,15,21H,8-9,14,16H2,1-7H3,(H,26,27). The fourth-order valence-electron chi connectivity index (χ4n) is 3.66. The van der Waals surface area contributed by atoms with Gasteiger partial charge in [0.05, 0.1) is 11.3 Å². The highest BCUT2D eigenvalue weighted by Gasteiger charge is 2.31. The maximum absolute atomic E-state index is 12.4. The first kappa shape index (κ1) is 26.2. The van der Waals surface area contributed by atoms with Crippen LogP contribution in [0.5, 0.6) is 11.5 Å². The third-order valence-corrected chi connectivity index (χ3v) is 7.47. The Balaban J connectivity index is 2.20. The number of benzene rings is 2. The Labute approximate surface area is 191 Å². The van der Waals surface area contributed by atoms with Gasteiger partial charge < -0.3 is 24.2 Å². The molecule has 178 valence electrons. The molecule has 8 heteroatoms. The van der Waals surface area contributed by atoms with Crippen molar-refractivity contribution < 1.29 is 28.5 Å². The van der Waals surface area contributed by atoms with Gasteiger partial charge in [0.2, 0.25) is 0 Å². The van der Waals surface area contributed by atoms with E-state index in [2.05, 4.69) is 6.07 Å². The molecule has 0 spiro atoms. The topological polar surface area (TPSA) is 77.5 Å². The summed E-state index contributed by atoms with van der Waals surface area (Å²) in [5, 5.41) is 0. The predicted molar refractivity (Wildman–Crippen MR) is 128 cm³/mol. The molecule has 0 saturated carbocycles. The summed E-state index contributed by atoms with van der Waals surface area (Å²) in [5.41, 5.74) is 4.88. The second-order valence-corrected chi connectivity index (χ2v) is 10.2. The number of aryl methyl sites for hydroxylation is 2. The van der Waals surface area contributed by atoms with Gasteiger partial charge in [-0.15, -0.1) is 0 Å². The van der Waals surface area contributed by atoms with E-state index in [-0.39, 0.29) is 6.79 Å². The highest BCUT2D eigenvalue weighted by atomic mass is 31.2. The lowest BCUT2D eigenvalue weighted by Crippen LogP contribution is -2.12. The number of hydrogen-bond acceptors (Lipinski definition) is 6. The summed E-state index contributed by atoms with van der Waals surface area (Å²) >= 11 is 0. The Morgan fingerprint density at radius 2 is 1.69 bits per heavy atom. The zero-order chi connectivity index (χ0) is 23.9. The van der Waals surface area contributed by atoms with E-state index in [1.807, 2.05) is 71.0 Å². The maximum Gasteiger partial charge on any atom is 0.369 e. The molecule has 0 aliphatic rings. The Hall–Kier alpha value is -2.05. The SMILES string of the molecule is CCC(CC)P(=O)(O)OOc1cc(C)c(Cc2ccc(OCOC)c(N(C)C)c2)c(C)c1. The lowest BCUT2D eigenvalue weighted by Gasteiger charge is -2.20. The molecule has 0 saturated heterocycles. The van der Waals surface area contributed by atoms with Crippen molar-refractivity contribution >= 4 is 13.3 Å². The van der Waals surface area contributed by atoms with Gasteiger partial charge in [-0.2, -0.15) is 0 Å². The van der Waals surface area contributed by atoms with Crippen LogP contribution >= 0.6 is 7.60 Å². The van der Waals surface area contributed by atoms with Gasteiger partial charge >= 0.3 is 7.60 Å². The molecule has 0 bridgehead atoms. The molecule has 2 aromatic rings. The largest absolute Gasteiger partial charge is 0.465 e. The van der Waals surface area contributed by atoms with E-state index in [1.165, 1.54) is 5.56 Å². The van der Waals surface area contributed by atoms with Gasteiger partial charge in [0.1, 0.15) is 5.75 Å². The van der Waals surface area contributed by atoms with E-state index in [0.717, 1.165) is 34.5 Å². The normalized spacial score (nSPS) is 13.2. The van der Waals surface area contributed by atoms with Crippen molar-refractivity contribution in [2.75, 3.05) is 32.9 Å². The first-order chi connectivity index (χ1) is 15.1. The van der Waals surface area contributed by atoms with Crippen LogP contribution in [0.1, 0.15) is 48.9 Å². The molecule has 0 aliphatic carbocycles. The van der Waals surface area contributed by atoms with Crippen LogP contribution in [0.15, 0.2) is 30.3 Å². The number of nitrogens with zero attached hydrogens (tertiary/aromatic N) is 1. The summed E-state index contributed by atoms with van der Waals surface area (Å²) in [4.78, 5) is 17.4. The number of rotatable bonds is 12. The van der Waals surface area contributed by atoms with Crippen molar-refractivity contribution in [1.29, 1.82) is 0 Å². The molecule has 1 unspecified atom stereocenters. The van der Waals surface area contributed by atoms with Crippen molar-refractivity contribution in [3.05, 3.63) is 52.6 Å². The molecular formula is C24H36NO6P. The maximum atomic E-state index is 12.4. The predicted octanol–water partition coefficient (Wildman–Crippen LogP) is 5.63. The minimum atomic E-state index is -3.84. The Morgan fingerprint density at radius 1 is 1.06 bits per heavy atom. The fourth-order valence-corrected chi connectivity index (χ4v) is 4.90. The summed E-state index contributed by atoms with van der Waals surface area (Å²) in [7, 11) is 1.71. The van der Waals surface area contributed by atoms with Crippen molar-refractivity contribution in [1.82, 2.24) is 0 Å². The molecule has 0 aromatic heterocycles. The van der Waals surface area contributed by atoms with Crippen LogP contribution in [0, 0.1) is 13.8 Å². The van der Waals surface area contributed by atoms with Crippen LogP contribution in [0.2, 0.25) is 0 Å². The molecule has 2 aromatic carbocycles. The second kappa shape index (κ2) is 11.7. The Kier molecular flexibility index (Phi) is 9.59. The highest BCUT2D eigenvalue weighted by Crippen LogP contribution is 2.50. The first-order valence-corrected chi connectivity index (χ1v) is 12.5.